The van der Waals surface area contributed by atoms with Crippen LogP contribution in [0.25, 0.3) is 0 Å². The standard InChI is InChI=1S/C16H18N4O2S/c21-20(22)15-5-2-6-17-16(15)18-14-4-1-3-13(11-14)12-19-7-9-23-10-8-19/h1-6,11H,7-10,12H2,(H,17,18). The van der Waals surface area contributed by atoms with Gasteiger partial charge in [0.05, 0.1) is 4.92 Å². The second-order valence-electron chi connectivity index (χ2n) is 5.34. The summed E-state index contributed by atoms with van der Waals surface area (Å²) in [5.74, 6) is 2.62. The van der Waals surface area contributed by atoms with Crippen LogP contribution in [0.5, 0.6) is 0 Å². The van der Waals surface area contributed by atoms with Gasteiger partial charge in [-0.05, 0) is 23.8 Å². The van der Waals surface area contributed by atoms with Crippen molar-refractivity contribution in [3.63, 3.8) is 0 Å². The summed E-state index contributed by atoms with van der Waals surface area (Å²) in [6, 6.07) is 11.0. The maximum atomic E-state index is 11.1. The van der Waals surface area contributed by atoms with E-state index in [0.717, 1.165) is 25.3 Å². The Bertz CT molecular complexity index is 689. The summed E-state index contributed by atoms with van der Waals surface area (Å²) in [5, 5.41) is 14.1. The van der Waals surface area contributed by atoms with Gasteiger partial charge in [0.2, 0.25) is 5.82 Å². The largest absolute Gasteiger partial charge is 0.334 e. The summed E-state index contributed by atoms with van der Waals surface area (Å²) in [6.07, 6.45) is 1.55. The Hall–Kier alpha value is -2.12. The van der Waals surface area contributed by atoms with Crippen molar-refractivity contribution in [2.75, 3.05) is 29.9 Å². The van der Waals surface area contributed by atoms with E-state index in [1.165, 1.54) is 23.1 Å². The van der Waals surface area contributed by atoms with Gasteiger partial charge in [0, 0.05) is 49.1 Å². The lowest BCUT2D eigenvalue weighted by molar-refractivity contribution is -0.384. The molecule has 3 rings (SSSR count). The summed E-state index contributed by atoms with van der Waals surface area (Å²) < 4.78 is 0. The molecule has 2 aromatic rings. The molecule has 1 fully saturated rings. The van der Waals surface area contributed by atoms with Gasteiger partial charge in [-0.15, -0.1) is 0 Å². The molecule has 1 aliphatic heterocycles. The van der Waals surface area contributed by atoms with E-state index in [9.17, 15) is 10.1 Å². The second kappa shape index (κ2) is 7.43. The van der Waals surface area contributed by atoms with Crippen molar-refractivity contribution in [1.82, 2.24) is 9.88 Å². The molecule has 0 amide bonds. The zero-order valence-corrected chi connectivity index (χ0v) is 13.5. The number of rotatable bonds is 5. The molecule has 23 heavy (non-hydrogen) atoms. The Labute approximate surface area is 139 Å². The highest BCUT2D eigenvalue weighted by molar-refractivity contribution is 7.99. The van der Waals surface area contributed by atoms with Crippen LogP contribution in [0.3, 0.4) is 0 Å². The molecule has 6 nitrogen and oxygen atoms in total. The van der Waals surface area contributed by atoms with Crippen LogP contribution in [-0.4, -0.2) is 39.4 Å². The molecule has 0 unspecified atom stereocenters. The van der Waals surface area contributed by atoms with E-state index in [1.807, 2.05) is 30.0 Å². The van der Waals surface area contributed by atoms with Crippen molar-refractivity contribution in [1.29, 1.82) is 0 Å². The molecule has 0 bridgehead atoms. The Balaban J connectivity index is 1.74. The van der Waals surface area contributed by atoms with Crippen LogP contribution in [0.4, 0.5) is 17.2 Å². The highest BCUT2D eigenvalue weighted by atomic mass is 32.2. The average molecular weight is 330 g/mol. The van der Waals surface area contributed by atoms with Crippen molar-refractivity contribution in [2.24, 2.45) is 0 Å². The number of aromatic nitrogens is 1. The molecule has 120 valence electrons. The topological polar surface area (TPSA) is 71.3 Å². The minimum Gasteiger partial charge on any atom is -0.334 e. The van der Waals surface area contributed by atoms with Gasteiger partial charge < -0.3 is 5.32 Å². The molecule has 0 atom stereocenters. The fourth-order valence-corrected chi connectivity index (χ4v) is 3.52. The van der Waals surface area contributed by atoms with Crippen LogP contribution in [-0.2, 0) is 6.54 Å². The van der Waals surface area contributed by atoms with E-state index in [0.29, 0.717) is 0 Å². The molecular weight excluding hydrogens is 312 g/mol. The molecule has 2 heterocycles. The molecule has 0 radical (unpaired) electrons. The number of benzene rings is 1. The van der Waals surface area contributed by atoms with E-state index in [-0.39, 0.29) is 11.5 Å². The van der Waals surface area contributed by atoms with Crippen molar-refractivity contribution in [3.8, 4) is 0 Å². The SMILES string of the molecule is O=[N+]([O-])c1cccnc1Nc1cccc(CN2CCSCC2)c1. The van der Waals surface area contributed by atoms with Gasteiger partial charge in [-0.25, -0.2) is 4.98 Å². The zero-order valence-electron chi connectivity index (χ0n) is 12.6. The van der Waals surface area contributed by atoms with Crippen LogP contribution in [0.1, 0.15) is 5.56 Å². The summed E-state index contributed by atoms with van der Waals surface area (Å²) in [7, 11) is 0. The van der Waals surface area contributed by atoms with Gasteiger partial charge in [-0.1, -0.05) is 12.1 Å². The summed E-state index contributed by atoms with van der Waals surface area (Å²) in [6.45, 7) is 3.11. The van der Waals surface area contributed by atoms with Crippen LogP contribution < -0.4 is 5.32 Å². The summed E-state index contributed by atoms with van der Waals surface area (Å²) in [4.78, 5) is 17.1. The van der Waals surface area contributed by atoms with Gasteiger partial charge in [0.1, 0.15) is 0 Å². The zero-order chi connectivity index (χ0) is 16.1. The normalized spacial score (nSPS) is 15.3. The highest BCUT2D eigenvalue weighted by Crippen LogP contribution is 2.25. The first-order chi connectivity index (χ1) is 11.2. The molecule has 7 heteroatoms. The smallest absolute Gasteiger partial charge is 0.311 e. The van der Waals surface area contributed by atoms with Crippen LogP contribution in [0, 0.1) is 10.1 Å². The van der Waals surface area contributed by atoms with Crippen molar-refractivity contribution < 1.29 is 4.92 Å². The molecule has 0 spiro atoms. The van der Waals surface area contributed by atoms with Gasteiger partial charge in [-0.2, -0.15) is 11.8 Å². The molecule has 1 saturated heterocycles. The monoisotopic (exact) mass is 330 g/mol. The third-order valence-corrected chi connectivity index (χ3v) is 4.63. The van der Waals surface area contributed by atoms with Crippen molar-refractivity contribution in [3.05, 3.63) is 58.3 Å². The number of nitro groups is 1. The van der Waals surface area contributed by atoms with E-state index in [2.05, 4.69) is 21.3 Å². The Kier molecular flexibility index (Phi) is 5.09. The van der Waals surface area contributed by atoms with Gasteiger partial charge in [0.25, 0.3) is 0 Å². The third-order valence-electron chi connectivity index (χ3n) is 3.68. The van der Waals surface area contributed by atoms with Gasteiger partial charge in [0.15, 0.2) is 0 Å². The van der Waals surface area contributed by atoms with Gasteiger partial charge in [-0.3, -0.25) is 15.0 Å². The predicted octanol–water partition coefficient (Wildman–Crippen LogP) is 3.28. The Morgan fingerprint density at radius 3 is 2.87 bits per heavy atom. The number of anilines is 2. The van der Waals surface area contributed by atoms with Crippen LogP contribution in [0.2, 0.25) is 0 Å². The van der Waals surface area contributed by atoms with E-state index >= 15 is 0 Å². The lowest BCUT2D eigenvalue weighted by Crippen LogP contribution is -2.31. The molecule has 1 aliphatic rings. The minimum atomic E-state index is -0.426. The Morgan fingerprint density at radius 1 is 1.26 bits per heavy atom. The van der Waals surface area contributed by atoms with E-state index < -0.39 is 4.92 Å². The highest BCUT2D eigenvalue weighted by Gasteiger charge is 2.15. The van der Waals surface area contributed by atoms with E-state index in [1.54, 1.807) is 12.3 Å². The minimum absolute atomic E-state index is 0.0223. The number of nitrogens with one attached hydrogen (secondary N) is 1. The van der Waals surface area contributed by atoms with Gasteiger partial charge >= 0.3 is 5.69 Å². The maximum Gasteiger partial charge on any atom is 0.311 e. The molecule has 1 aromatic heterocycles. The number of hydrogen-bond donors (Lipinski definition) is 1. The average Bonchev–Trinajstić information content (AvgIpc) is 2.56. The van der Waals surface area contributed by atoms with Crippen LogP contribution >= 0.6 is 11.8 Å². The number of hydrogen-bond acceptors (Lipinski definition) is 6. The first kappa shape index (κ1) is 15.8. The second-order valence-corrected chi connectivity index (χ2v) is 6.57. The summed E-state index contributed by atoms with van der Waals surface area (Å²) >= 11 is 1.99. The first-order valence-corrected chi connectivity index (χ1v) is 8.63. The lowest BCUT2D eigenvalue weighted by atomic mass is 10.2. The Morgan fingerprint density at radius 2 is 2.09 bits per heavy atom. The molecule has 0 saturated carbocycles. The molecule has 0 aliphatic carbocycles. The summed E-state index contributed by atoms with van der Waals surface area (Å²) in [5.41, 5.74) is 1.99. The first-order valence-electron chi connectivity index (χ1n) is 7.48. The molecular formula is C16H18N4O2S. The number of pyridine rings is 1. The van der Waals surface area contributed by atoms with Crippen molar-refractivity contribution >= 4 is 29.0 Å². The molecule has 1 aromatic carbocycles. The number of thioether (sulfide) groups is 1. The lowest BCUT2D eigenvalue weighted by Gasteiger charge is -2.26. The van der Waals surface area contributed by atoms with Crippen LogP contribution in [0.15, 0.2) is 42.6 Å². The fraction of sp³-hybridized carbons (Fsp3) is 0.312. The van der Waals surface area contributed by atoms with Crippen molar-refractivity contribution in [2.45, 2.75) is 6.54 Å². The van der Waals surface area contributed by atoms with E-state index in [4.69, 9.17) is 0 Å². The maximum absolute atomic E-state index is 11.1. The fourth-order valence-electron chi connectivity index (χ4n) is 2.54. The third kappa shape index (κ3) is 4.20. The number of nitrogens with zero attached hydrogens (tertiary/aromatic N) is 3. The quantitative estimate of drug-likeness (QED) is 0.670. The molecule has 1 N–H and O–H groups in total. The predicted molar refractivity (Wildman–Crippen MR) is 93.2 cm³/mol.